The standard InChI is InChI=1S/C48H62N2O10S/c1-4-27-57-48-44(50(47(54)56-5-2)23-28-55-29-26-53)32-42(49-58-33-34-13-7-6-8-14-34)40-30-35(15-9-11-24-51)39(16-10-12-25-52)45(46(40)48)41-31-37(19-22-43(41)60-48)59-36-17-20-38(61-3)21-18-36/h4,6-8,13-14,17-22,30-31,35,39,44-46,51-53H,1,5,9-12,15-16,23-29,32-33H2,2-3H3/t35-,39+,44-,45+,46+,48+/m0/s1. The van der Waals surface area contributed by atoms with Crippen molar-refractivity contribution in [3.05, 3.63) is 108 Å². The Bertz CT molecular complexity index is 1910. The third kappa shape index (κ3) is 11.2. The fourth-order valence-electron chi connectivity index (χ4n) is 9.16. The van der Waals surface area contributed by atoms with E-state index in [0.29, 0.717) is 35.8 Å². The number of nitrogens with zero attached hydrogens (tertiary/aromatic N) is 2. The summed E-state index contributed by atoms with van der Waals surface area (Å²) in [5, 5.41) is 34.3. The molecule has 12 nitrogen and oxygen atoms in total. The van der Waals surface area contributed by atoms with Gasteiger partial charge in [-0.25, -0.2) is 4.79 Å². The van der Waals surface area contributed by atoms with Crippen molar-refractivity contribution in [3.63, 3.8) is 0 Å². The molecule has 1 amide bonds. The maximum atomic E-state index is 14.2. The number of aliphatic hydroxyl groups is 3. The van der Waals surface area contributed by atoms with Crippen LogP contribution in [0.2, 0.25) is 0 Å². The molecule has 0 aromatic heterocycles. The summed E-state index contributed by atoms with van der Waals surface area (Å²) in [4.78, 5) is 23.2. The van der Waals surface area contributed by atoms with Crippen molar-refractivity contribution < 1.29 is 48.6 Å². The number of aliphatic hydroxyl groups excluding tert-OH is 3. The number of hydrogen-bond acceptors (Lipinski definition) is 12. The molecule has 3 aliphatic rings. The molecule has 0 bridgehead atoms. The van der Waals surface area contributed by atoms with Crippen LogP contribution in [0.3, 0.4) is 0 Å². The number of carbonyl (C=O) groups is 1. The van der Waals surface area contributed by atoms with Gasteiger partial charge in [-0.3, -0.25) is 4.90 Å². The van der Waals surface area contributed by atoms with E-state index in [4.69, 9.17) is 33.7 Å². The molecule has 1 heterocycles. The summed E-state index contributed by atoms with van der Waals surface area (Å²) in [5.74, 6) is -0.105. The predicted octanol–water partition coefficient (Wildman–Crippen LogP) is 8.50. The topological polar surface area (TPSA) is 149 Å². The van der Waals surface area contributed by atoms with E-state index in [1.54, 1.807) is 29.7 Å². The van der Waals surface area contributed by atoms with Gasteiger partial charge in [0.2, 0.25) is 5.79 Å². The second-order valence-corrected chi connectivity index (χ2v) is 16.4. The van der Waals surface area contributed by atoms with Gasteiger partial charge in [-0.2, -0.15) is 0 Å². The molecule has 6 atom stereocenters. The molecule has 330 valence electrons. The number of hydrogen-bond donors (Lipinski definition) is 3. The normalized spacial score (nSPS) is 23.3. The zero-order chi connectivity index (χ0) is 43.0. The lowest BCUT2D eigenvalue weighted by molar-refractivity contribution is -0.256. The molecule has 61 heavy (non-hydrogen) atoms. The highest BCUT2D eigenvalue weighted by atomic mass is 32.2. The Balaban J connectivity index is 1.56. The summed E-state index contributed by atoms with van der Waals surface area (Å²) >= 11 is 1.67. The van der Waals surface area contributed by atoms with Crippen LogP contribution in [0.25, 0.3) is 0 Å². The largest absolute Gasteiger partial charge is 0.459 e. The van der Waals surface area contributed by atoms with E-state index in [1.807, 2.05) is 73.0 Å². The van der Waals surface area contributed by atoms with E-state index in [9.17, 15) is 20.1 Å². The second-order valence-electron chi connectivity index (χ2n) is 15.5. The second kappa shape index (κ2) is 23.2. The summed E-state index contributed by atoms with van der Waals surface area (Å²) in [7, 11) is 0. The van der Waals surface area contributed by atoms with E-state index in [2.05, 4.69) is 18.7 Å². The maximum absolute atomic E-state index is 14.2. The summed E-state index contributed by atoms with van der Waals surface area (Å²) < 4.78 is 32.3. The molecule has 3 aromatic carbocycles. The number of ether oxygens (including phenoxy) is 5. The van der Waals surface area contributed by atoms with Gasteiger partial charge < -0.3 is 43.8 Å². The number of oxime groups is 1. The number of rotatable bonds is 24. The Morgan fingerprint density at radius 3 is 2.43 bits per heavy atom. The quantitative estimate of drug-likeness (QED) is 0.0345. The summed E-state index contributed by atoms with van der Waals surface area (Å²) in [5.41, 5.74) is 3.51. The molecule has 13 heteroatoms. The third-order valence-electron chi connectivity index (χ3n) is 11.8. The highest BCUT2D eigenvalue weighted by molar-refractivity contribution is 7.98. The number of unbranched alkanes of at least 4 members (excludes halogenated alkanes) is 2. The first kappa shape index (κ1) is 46.1. The van der Waals surface area contributed by atoms with Crippen LogP contribution in [-0.4, -0.2) is 103 Å². The van der Waals surface area contributed by atoms with Gasteiger partial charge in [-0.05, 0) is 104 Å². The van der Waals surface area contributed by atoms with Crippen molar-refractivity contribution in [2.24, 2.45) is 22.9 Å². The lowest BCUT2D eigenvalue weighted by Gasteiger charge is -2.59. The Kier molecular flexibility index (Phi) is 17.5. The lowest BCUT2D eigenvalue weighted by atomic mass is 9.55. The molecule has 0 spiro atoms. The molecule has 0 unspecified atom stereocenters. The van der Waals surface area contributed by atoms with Crippen LogP contribution in [0.1, 0.15) is 68.9 Å². The number of thioether (sulfide) groups is 1. The molecule has 1 aliphatic heterocycles. The predicted molar refractivity (Wildman–Crippen MR) is 236 cm³/mol. The van der Waals surface area contributed by atoms with Gasteiger partial charge in [0.25, 0.3) is 0 Å². The first-order valence-electron chi connectivity index (χ1n) is 21.6. The molecular formula is C48H62N2O10S. The van der Waals surface area contributed by atoms with E-state index in [1.165, 1.54) is 0 Å². The Labute approximate surface area is 364 Å². The Morgan fingerprint density at radius 1 is 0.967 bits per heavy atom. The molecule has 2 aliphatic carbocycles. The number of fused-ring (bicyclic) bond motifs is 2. The Hall–Kier alpha value is -4.37. The van der Waals surface area contributed by atoms with E-state index >= 15 is 0 Å². The fraction of sp³-hybridized carbons (Fsp3) is 0.500. The molecule has 1 fully saturated rings. The first-order valence-corrected chi connectivity index (χ1v) is 22.8. The van der Waals surface area contributed by atoms with Crippen molar-refractivity contribution in [3.8, 4) is 17.2 Å². The molecule has 3 aromatic rings. The zero-order valence-electron chi connectivity index (χ0n) is 35.5. The molecular weight excluding hydrogens is 797 g/mol. The average molecular weight is 859 g/mol. The van der Waals surface area contributed by atoms with Crippen LogP contribution in [0.5, 0.6) is 17.2 Å². The van der Waals surface area contributed by atoms with Crippen LogP contribution in [0.4, 0.5) is 4.79 Å². The van der Waals surface area contributed by atoms with Crippen LogP contribution in [0.15, 0.2) is 107 Å². The molecule has 6 rings (SSSR count). The van der Waals surface area contributed by atoms with Gasteiger partial charge in [0, 0.05) is 42.6 Å². The van der Waals surface area contributed by atoms with Crippen LogP contribution in [0, 0.1) is 17.8 Å². The Morgan fingerprint density at radius 2 is 1.72 bits per heavy atom. The highest BCUT2D eigenvalue weighted by Gasteiger charge is 2.65. The molecule has 3 N–H and O–H groups in total. The van der Waals surface area contributed by atoms with Gasteiger partial charge in [-0.15, -0.1) is 18.3 Å². The fourth-order valence-corrected chi connectivity index (χ4v) is 9.57. The van der Waals surface area contributed by atoms with E-state index in [0.717, 1.165) is 47.3 Å². The maximum Gasteiger partial charge on any atom is 0.410 e. The number of amides is 1. The summed E-state index contributed by atoms with van der Waals surface area (Å²) in [6.07, 6.45) is 10.3. The first-order chi connectivity index (χ1) is 29.9. The van der Waals surface area contributed by atoms with Crippen LogP contribution >= 0.6 is 11.8 Å². The molecule has 0 saturated heterocycles. The highest BCUT2D eigenvalue weighted by Crippen LogP contribution is 2.62. The molecule has 1 saturated carbocycles. The summed E-state index contributed by atoms with van der Waals surface area (Å²) in [6.45, 7) is 6.69. The number of allylic oxidation sites excluding steroid dienone is 1. The van der Waals surface area contributed by atoms with Crippen molar-refractivity contribution in [2.75, 3.05) is 59.0 Å². The van der Waals surface area contributed by atoms with Gasteiger partial charge in [0.1, 0.15) is 29.9 Å². The van der Waals surface area contributed by atoms with Crippen LogP contribution < -0.4 is 9.47 Å². The number of benzene rings is 3. The SMILES string of the molecule is C=CCO[C@@]12Oc3ccc(Oc4ccc(SC)cc4)cc3[C@H]3[C@H](CCCCO)[C@@H](CCCCO)C=C(C(=NOCc4ccccc4)C[C@@H]1N(CCOCCO)C(=O)OCC)[C@H]32. The monoisotopic (exact) mass is 858 g/mol. The summed E-state index contributed by atoms with van der Waals surface area (Å²) in [6, 6.07) is 23.0. The number of carbonyl (C=O) groups excluding carboxylic acids is 1. The van der Waals surface area contributed by atoms with Crippen LogP contribution in [-0.2, 0) is 25.7 Å². The van der Waals surface area contributed by atoms with Crippen molar-refractivity contribution in [2.45, 2.75) is 81.1 Å². The van der Waals surface area contributed by atoms with Crippen molar-refractivity contribution in [1.29, 1.82) is 0 Å². The van der Waals surface area contributed by atoms with E-state index < -0.39 is 23.8 Å². The van der Waals surface area contributed by atoms with Gasteiger partial charge in [0.15, 0.2) is 0 Å². The van der Waals surface area contributed by atoms with Gasteiger partial charge in [-0.1, -0.05) is 60.5 Å². The molecule has 0 radical (unpaired) electrons. The van der Waals surface area contributed by atoms with E-state index in [-0.39, 0.29) is 83.6 Å². The minimum Gasteiger partial charge on any atom is -0.459 e. The van der Waals surface area contributed by atoms with Gasteiger partial charge in [0.05, 0.1) is 44.7 Å². The third-order valence-corrected chi connectivity index (χ3v) is 12.5. The zero-order valence-corrected chi connectivity index (χ0v) is 36.3. The minimum atomic E-state index is -1.46. The lowest BCUT2D eigenvalue weighted by Crippen LogP contribution is -2.70. The van der Waals surface area contributed by atoms with Crippen molar-refractivity contribution in [1.82, 2.24) is 4.90 Å². The average Bonchev–Trinajstić information content (AvgIpc) is 3.28. The van der Waals surface area contributed by atoms with Crippen molar-refractivity contribution >= 4 is 23.6 Å². The minimum absolute atomic E-state index is 0.0404. The van der Waals surface area contributed by atoms with Gasteiger partial charge >= 0.3 is 6.09 Å². The smallest absolute Gasteiger partial charge is 0.410 e.